The van der Waals surface area contributed by atoms with Crippen LogP contribution in [0.4, 0.5) is 13.2 Å². The van der Waals surface area contributed by atoms with Gasteiger partial charge >= 0.3 is 0 Å². The first-order chi connectivity index (χ1) is 17.4. The fraction of sp³-hybridized carbons (Fsp3) is 0.296. The summed E-state index contributed by atoms with van der Waals surface area (Å²) in [5.41, 5.74) is 0.956. The highest BCUT2D eigenvalue weighted by Gasteiger charge is 2.26. The molecule has 3 aromatic carbocycles. The zero-order valence-corrected chi connectivity index (χ0v) is 20.5. The molecule has 9 heteroatoms. The van der Waals surface area contributed by atoms with E-state index < -0.39 is 23.6 Å². The normalized spacial score (nSPS) is 15.1. The molecule has 0 saturated carbocycles. The zero-order valence-electron chi connectivity index (χ0n) is 19.7. The molecule has 190 valence electrons. The van der Waals surface area contributed by atoms with Crippen LogP contribution in [0, 0.1) is 17.5 Å². The van der Waals surface area contributed by atoms with E-state index in [1.807, 2.05) is 12.1 Å². The molecule has 1 amide bonds. The second-order valence-corrected chi connectivity index (χ2v) is 8.93. The predicted octanol–water partition coefficient (Wildman–Crippen LogP) is 5.48. The van der Waals surface area contributed by atoms with Crippen LogP contribution in [0.15, 0.2) is 60.7 Å². The summed E-state index contributed by atoms with van der Waals surface area (Å²) >= 11 is 6.03. The Morgan fingerprint density at radius 1 is 0.944 bits per heavy atom. The van der Waals surface area contributed by atoms with Crippen molar-refractivity contribution in [3.05, 3.63) is 99.8 Å². The Morgan fingerprint density at radius 2 is 1.61 bits per heavy atom. The van der Waals surface area contributed by atoms with Crippen LogP contribution in [0.1, 0.15) is 27.6 Å². The molecule has 1 aliphatic rings. The molecule has 0 unspecified atom stereocenters. The maximum atomic E-state index is 14.1. The topological polar surface area (TPSA) is 42.0 Å². The van der Waals surface area contributed by atoms with Crippen molar-refractivity contribution in [1.82, 2.24) is 9.80 Å². The van der Waals surface area contributed by atoms with Crippen LogP contribution in [-0.4, -0.2) is 55.5 Å². The molecule has 0 spiro atoms. The molecule has 0 bridgehead atoms. The number of carbonyl (C=O) groups is 1. The molecule has 36 heavy (non-hydrogen) atoms. The largest absolute Gasteiger partial charge is 0.494 e. The monoisotopic (exact) mass is 518 g/mol. The molecule has 1 fully saturated rings. The lowest BCUT2D eigenvalue weighted by Crippen LogP contribution is -2.49. The molecule has 3 aromatic rings. The van der Waals surface area contributed by atoms with Gasteiger partial charge in [0.15, 0.2) is 11.6 Å². The van der Waals surface area contributed by atoms with E-state index in [1.54, 1.807) is 23.1 Å². The first-order valence-corrected chi connectivity index (χ1v) is 11.9. The molecule has 0 N–H and O–H groups in total. The highest BCUT2D eigenvalue weighted by molar-refractivity contribution is 6.30. The van der Waals surface area contributed by atoms with Gasteiger partial charge in [-0.25, -0.2) is 13.2 Å². The Hall–Kier alpha value is -3.07. The minimum absolute atomic E-state index is 0.0832. The third kappa shape index (κ3) is 6.19. The first kappa shape index (κ1) is 26.0. The van der Waals surface area contributed by atoms with Crippen LogP contribution in [0.2, 0.25) is 5.02 Å². The molecule has 1 heterocycles. The predicted molar refractivity (Wildman–Crippen MR) is 131 cm³/mol. The van der Waals surface area contributed by atoms with Crippen LogP contribution in [0.25, 0.3) is 0 Å². The quantitative estimate of drug-likeness (QED) is 0.396. The van der Waals surface area contributed by atoms with E-state index in [1.165, 1.54) is 37.4 Å². The summed E-state index contributed by atoms with van der Waals surface area (Å²) in [6, 6.07) is 15.0. The summed E-state index contributed by atoms with van der Waals surface area (Å²) in [6.07, 6.45) is -0.473. The molecule has 0 aliphatic carbocycles. The van der Waals surface area contributed by atoms with Crippen molar-refractivity contribution in [2.45, 2.75) is 12.7 Å². The minimum atomic E-state index is -0.660. The van der Waals surface area contributed by atoms with Gasteiger partial charge in [0, 0.05) is 48.9 Å². The average molecular weight is 519 g/mol. The first-order valence-electron chi connectivity index (χ1n) is 11.5. The molecule has 0 radical (unpaired) electrons. The number of halogens is 4. The number of hydrogen-bond acceptors (Lipinski definition) is 4. The number of carbonyl (C=O) groups excluding carboxylic acids is 1. The van der Waals surface area contributed by atoms with Crippen molar-refractivity contribution >= 4 is 17.5 Å². The molecular weight excluding hydrogens is 493 g/mol. The van der Waals surface area contributed by atoms with E-state index in [9.17, 15) is 18.0 Å². The van der Waals surface area contributed by atoms with Gasteiger partial charge < -0.3 is 14.4 Å². The van der Waals surface area contributed by atoms with Gasteiger partial charge in [0.05, 0.1) is 19.8 Å². The fourth-order valence-electron chi connectivity index (χ4n) is 4.14. The third-order valence-electron chi connectivity index (χ3n) is 6.21. The molecular formula is C27H26ClF3N2O3. The summed E-state index contributed by atoms with van der Waals surface area (Å²) in [5, 5.41) is 0.569. The van der Waals surface area contributed by atoms with Crippen molar-refractivity contribution < 1.29 is 27.4 Å². The summed E-state index contributed by atoms with van der Waals surface area (Å²) < 4.78 is 53.2. The number of methoxy groups -OCH3 is 1. The molecule has 1 saturated heterocycles. The van der Waals surface area contributed by atoms with Gasteiger partial charge in [0.1, 0.15) is 11.6 Å². The van der Waals surface area contributed by atoms with Crippen LogP contribution in [0.3, 0.4) is 0 Å². The lowest BCUT2D eigenvalue weighted by Gasteiger charge is -2.36. The SMILES string of the molecule is COc1ccc(C(=O)N2CCN(C[C@@H](OCc3c(F)cccc3F)c3ccc(Cl)cc3)CC2)cc1F. The molecule has 1 atom stereocenters. The molecule has 4 rings (SSSR count). The number of amides is 1. The highest BCUT2D eigenvalue weighted by atomic mass is 35.5. The lowest BCUT2D eigenvalue weighted by molar-refractivity contribution is 0.00144. The van der Waals surface area contributed by atoms with Crippen molar-refractivity contribution in [2.75, 3.05) is 39.8 Å². The van der Waals surface area contributed by atoms with Crippen molar-refractivity contribution in [1.29, 1.82) is 0 Å². The van der Waals surface area contributed by atoms with Gasteiger partial charge in [-0.2, -0.15) is 0 Å². The van der Waals surface area contributed by atoms with Gasteiger partial charge in [-0.15, -0.1) is 0 Å². The van der Waals surface area contributed by atoms with Crippen molar-refractivity contribution in [2.24, 2.45) is 0 Å². The van der Waals surface area contributed by atoms with E-state index in [-0.39, 0.29) is 29.4 Å². The van der Waals surface area contributed by atoms with Crippen molar-refractivity contribution in [3.8, 4) is 5.75 Å². The van der Waals surface area contributed by atoms with Crippen molar-refractivity contribution in [3.63, 3.8) is 0 Å². The van der Waals surface area contributed by atoms with E-state index >= 15 is 0 Å². The Balaban J connectivity index is 1.41. The van der Waals surface area contributed by atoms with Gasteiger partial charge in [0.2, 0.25) is 0 Å². The van der Waals surface area contributed by atoms with Crippen LogP contribution >= 0.6 is 11.6 Å². The Labute approximate surface area is 213 Å². The second-order valence-electron chi connectivity index (χ2n) is 8.49. The number of benzene rings is 3. The molecule has 0 aromatic heterocycles. The van der Waals surface area contributed by atoms with E-state index in [4.69, 9.17) is 21.1 Å². The maximum absolute atomic E-state index is 14.1. The molecule has 1 aliphatic heterocycles. The van der Waals surface area contributed by atoms with Gasteiger partial charge in [-0.1, -0.05) is 29.8 Å². The zero-order chi connectivity index (χ0) is 25.7. The second kappa shape index (κ2) is 11.8. The van der Waals surface area contributed by atoms with Gasteiger partial charge in [-0.3, -0.25) is 9.69 Å². The third-order valence-corrected chi connectivity index (χ3v) is 6.47. The number of rotatable bonds is 8. The smallest absolute Gasteiger partial charge is 0.254 e. The van der Waals surface area contributed by atoms with Gasteiger partial charge in [0.25, 0.3) is 5.91 Å². The summed E-state index contributed by atoms with van der Waals surface area (Å²) in [6.45, 7) is 2.24. The minimum Gasteiger partial charge on any atom is -0.494 e. The van der Waals surface area contributed by atoms with Crippen LogP contribution < -0.4 is 4.74 Å². The fourth-order valence-corrected chi connectivity index (χ4v) is 4.26. The average Bonchev–Trinajstić information content (AvgIpc) is 2.88. The lowest BCUT2D eigenvalue weighted by atomic mass is 10.1. The maximum Gasteiger partial charge on any atom is 0.254 e. The van der Waals surface area contributed by atoms with E-state index in [0.717, 1.165) is 5.56 Å². The van der Waals surface area contributed by atoms with E-state index in [2.05, 4.69) is 4.90 Å². The molecule has 5 nitrogen and oxygen atoms in total. The number of piperazine rings is 1. The number of ether oxygens (including phenoxy) is 2. The Morgan fingerprint density at radius 3 is 2.22 bits per heavy atom. The number of hydrogen-bond donors (Lipinski definition) is 0. The summed E-state index contributed by atoms with van der Waals surface area (Å²) in [5.74, 6) is -2.08. The summed E-state index contributed by atoms with van der Waals surface area (Å²) in [4.78, 5) is 16.6. The Bertz CT molecular complexity index is 1180. The van der Waals surface area contributed by atoms with Crippen LogP contribution in [0.5, 0.6) is 5.75 Å². The van der Waals surface area contributed by atoms with E-state index in [0.29, 0.717) is 37.7 Å². The summed E-state index contributed by atoms with van der Waals surface area (Å²) in [7, 11) is 1.37. The Kier molecular flexibility index (Phi) is 8.51. The van der Waals surface area contributed by atoms with Crippen LogP contribution in [-0.2, 0) is 11.3 Å². The van der Waals surface area contributed by atoms with Gasteiger partial charge in [-0.05, 0) is 48.0 Å². The standard InChI is InChI=1S/C27H26ClF3N2O3/c1-35-25-10-7-19(15-24(25)31)27(34)33-13-11-32(12-14-33)16-26(18-5-8-20(28)9-6-18)36-17-21-22(29)3-2-4-23(21)30/h2-10,15,26H,11-14,16-17H2,1H3/t26-/m1/s1. The number of nitrogens with zero attached hydrogens (tertiary/aromatic N) is 2. The highest BCUT2D eigenvalue weighted by Crippen LogP contribution is 2.25.